The molecule has 0 aromatic heterocycles. The highest BCUT2D eigenvalue weighted by Crippen LogP contribution is 2.13. The summed E-state index contributed by atoms with van der Waals surface area (Å²) in [7, 11) is 1.77. The molecular formula is C11H15IN2O. The zero-order valence-electron chi connectivity index (χ0n) is 9.10. The smallest absolute Gasteiger partial charge is 0.244 e. The van der Waals surface area contributed by atoms with Crippen LogP contribution in [-0.2, 0) is 4.79 Å². The maximum absolute atomic E-state index is 11.8. The Morgan fingerprint density at radius 2 is 1.80 bits per heavy atom. The second-order valence-corrected chi connectivity index (χ2v) is 5.08. The van der Waals surface area contributed by atoms with Crippen LogP contribution in [0.2, 0.25) is 0 Å². The van der Waals surface area contributed by atoms with E-state index in [9.17, 15) is 4.79 Å². The zero-order chi connectivity index (χ0) is 11.5. The van der Waals surface area contributed by atoms with Crippen molar-refractivity contribution in [2.45, 2.75) is 19.4 Å². The molecule has 0 radical (unpaired) electrons. The summed E-state index contributed by atoms with van der Waals surface area (Å²) < 4.78 is 1.15. The van der Waals surface area contributed by atoms with E-state index in [4.69, 9.17) is 0 Å². The topological polar surface area (TPSA) is 41.1 Å². The van der Waals surface area contributed by atoms with Gasteiger partial charge in [0, 0.05) is 9.26 Å². The molecule has 1 rings (SSSR count). The molecule has 0 aliphatic carbocycles. The molecule has 0 aliphatic heterocycles. The summed E-state index contributed by atoms with van der Waals surface area (Å²) in [5.74, 6) is -0.0359. The van der Waals surface area contributed by atoms with Crippen molar-refractivity contribution in [3.05, 3.63) is 27.8 Å². The van der Waals surface area contributed by atoms with Gasteiger partial charge in [-0.3, -0.25) is 4.79 Å². The van der Waals surface area contributed by atoms with E-state index in [-0.39, 0.29) is 5.91 Å². The van der Waals surface area contributed by atoms with Gasteiger partial charge in [-0.1, -0.05) is 0 Å². The molecule has 1 aromatic rings. The summed E-state index contributed by atoms with van der Waals surface area (Å²) in [6, 6.07) is 7.71. The number of benzene rings is 1. The highest BCUT2D eigenvalue weighted by atomic mass is 127. The maximum atomic E-state index is 11.8. The summed E-state index contributed by atoms with van der Waals surface area (Å²) in [4.78, 5) is 11.8. The zero-order valence-corrected chi connectivity index (χ0v) is 11.3. The first-order valence-corrected chi connectivity index (χ1v) is 5.79. The Morgan fingerprint density at radius 3 is 2.27 bits per heavy atom. The van der Waals surface area contributed by atoms with Gasteiger partial charge in [0.2, 0.25) is 5.91 Å². The van der Waals surface area contributed by atoms with Crippen LogP contribution >= 0.6 is 22.6 Å². The van der Waals surface area contributed by atoms with Crippen LogP contribution in [0, 0.1) is 3.57 Å². The number of halogens is 1. The average Bonchev–Trinajstić information content (AvgIpc) is 2.21. The summed E-state index contributed by atoms with van der Waals surface area (Å²) >= 11 is 2.23. The van der Waals surface area contributed by atoms with Crippen molar-refractivity contribution in [1.82, 2.24) is 5.32 Å². The molecule has 0 bridgehead atoms. The van der Waals surface area contributed by atoms with E-state index in [0.29, 0.717) is 0 Å². The van der Waals surface area contributed by atoms with E-state index in [0.717, 1.165) is 9.26 Å². The lowest BCUT2D eigenvalue weighted by Gasteiger charge is -2.22. The number of rotatable bonds is 3. The van der Waals surface area contributed by atoms with Crippen LogP contribution in [0.25, 0.3) is 0 Å². The minimum absolute atomic E-state index is 0.0359. The van der Waals surface area contributed by atoms with Crippen molar-refractivity contribution in [3.63, 3.8) is 0 Å². The molecule has 0 unspecified atom stereocenters. The van der Waals surface area contributed by atoms with Gasteiger partial charge in [-0.15, -0.1) is 0 Å². The fourth-order valence-electron chi connectivity index (χ4n) is 0.934. The predicted molar refractivity (Wildman–Crippen MR) is 70.9 cm³/mol. The van der Waals surface area contributed by atoms with E-state index in [1.165, 1.54) is 0 Å². The van der Waals surface area contributed by atoms with Crippen molar-refractivity contribution >= 4 is 34.2 Å². The molecule has 0 spiro atoms. The van der Waals surface area contributed by atoms with Gasteiger partial charge in [-0.05, 0) is 67.8 Å². The Morgan fingerprint density at radius 1 is 1.27 bits per heavy atom. The first kappa shape index (κ1) is 12.4. The van der Waals surface area contributed by atoms with Gasteiger partial charge in [0.25, 0.3) is 0 Å². The van der Waals surface area contributed by atoms with Crippen LogP contribution in [-0.4, -0.2) is 18.5 Å². The monoisotopic (exact) mass is 318 g/mol. The van der Waals surface area contributed by atoms with Crippen molar-refractivity contribution < 1.29 is 4.79 Å². The lowest BCUT2D eigenvalue weighted by molar-refractivity contribution is -0.121. The van der Waals surface area contributed by atoms with Gasteiger partial charge in [0.1, 0.15) is 0 Å². The van der Waals surface area contributed by atoms with E-state index in [1.54, 1.807) is 7.05 Å². The summed E-state index contributed by atoms with van der Waals surface area (Å²) in [5, 5.41) is 5.81. The minimum Gasteiger partial charge on any atom is -0.325 e. The molecular weight excluding hydrogens is 303 g/mol. The van der Waals surface area contributed by atoms with Gasteiger partial charge in [0.05, 0.1) is 5.54 Å². The molecule has 0 atom stereocenters. The Labute approximate surface area is 104 Å². The third-order valence-electron chi connectivity index (χ3n) is 2.29. The third kappa shape index (κ3) is 3.46. The molecule has 1 aromatic carbocycles. The van der Waals surface area contributed by atoms with Crippen LogP contribution in [0.4, 0.5) is 5.69 Å². The number of hydrogen-bond donors (Lipinski definition) is 2. The number of amides is 1. The fraction of sp³-hybridized carbons (Fsp3) is 0.364. The van der Waals surface area contributed by atoms with Crippen LogP contribution < -0.4 is 10.6 Å². The van der Waals surface area contributed by atoms with Crippen molar-refractivity contribution in [1.29, 1.82) is 0 Å². The van der Waals surface area contributed by atoms with E-state index in [2.05, 4.69) is 33.2 Å². The molecule has 1 amide bonds. The van der Waals surface area contributed by atoms with E-state index in [1.807, 2.05) is 38.1 Å². The summed E-state index contributed by atoms with van der Waals surface area (Å²) in [6.45, 7) is 3.68. The van der Waals surface area contributed by atoms with Gasteiger partial charge >= 0.3 is 0 Å². The number of carbonyl (C=O) groups is 1. The second kappa shape index (κ2) is 4.94. The van der Waals surface area contributed by atoms with Gasteiger partial charge < -0.3 is 10.6 Å². The number of hydrogen-bond acceptors (Lipinski definition) is 2. The summed E-state index contributed by atoms with van der Waals surface area (Å²) in [6.07, 6.45) is 0. The lowest BCUT2D eigenvalue weighted by Crippen LogP contribution is -2.47. The Balaban J connectivity index is 2.71. The van der Waals surface area contributed by atoms with Gasteiger partial charge in [-0.2, -0.15) is 0 Å². The first-order valence-electron chi connectivity index (χ1n) is 4.71. The standard InChI is InChI=1S/C11H15IN2O/c1-11(2,13-3)10(15)14-9-6-4-8(12)5-7-9/h4-7,13H,1-3H3,(H,14,15). The molecule has 0 saturated heterocycles. The van der Waals surface area contributed by atoms with Crippen molar-refractivity contribution in [3.8, 4) is 0 Å². The number of anilines is 1. The summed E-state index contributed by atoms with van der Waals surface area (Å²) in [5.41, 5.74) is 0.270. The number of carbonyl (C=O) groups excluding carboxylic acids is 1. The normalized spacial score (nSPS) is 11.2. The first-order chi connectivity index (χ1) is 6.95. The Kier molecular flexibility index (Phi) is 4.10. The van der Waals surface area contributed by atoms with Crippen molar-refractivity contribution in [2.75, 3.05) is 12.4 Å². The van der Waals surface area contributed by atoms with Crippen LogP contribution in [0.5, 0.6) is 0 Å². The number of nitrogens with one attached hydrogen (secondary N) is 2. The lowest BCUT2D eigenvalue weighted by atomic mass is 10.1. The molecule has 82 valence electrons. The van der Waals surface area contributed by atoms with Crippen LogP contribution in [0.3, 0.4) is 0 Å². The molecule has 0 aliphatic rings. The molecule has 15 heavy (non-hydrogen) atoms. The Bertz CT molecular complexity index is 346. The largest absolute Gasteiger partial charge is 0.325 e. The highest BCUT2D eigenvalue weighted by molar-refractivity contribution is 14.1. The maximum Gasteiger partial charge on any atom is 0.244 e. The molecule has 3 nitrogen and oxygen atoms in total. The molecule has 0 saturated carbocycles. The van der Waals surface area contributed by atoms with E-state index >= 15 is 0 Å². The SMILES string of the molecule is CNC(C)(C)C(=O)Nc1ccc(I)cc1. The van der Waals surface area contributed by atoms with Gasteiger partial charge in [-0.25, -0.2) is 0 Å². The van der Waals surface area contributed by atoms with Crippen LogP contribution in [0.1, 0.15) is 13.8 Å². The predicted octanol–water partition coefficient (Wildman–Crippen LogP) is 2.23. The fourth-order valence-corrected chi connectivity index (χ4v) is 1.29. The average molecular weight is 318 g/mol. The molecule has 2 N–H and O–H groups in total. The van der Waals surface area contributed by atoms with Crippen LogP contribution in [0.15, 0.2) is 24.3 Å². The molecule has 4 heteroatoms. The minimum atomic E-state index is -0.553. The highest BCUT2D eigenvalue weighted by Gasteiger charge is 2.24. The van der Waals surface area contributed by atoms with E-state index < -0.39 is 5.54 Å². The second-order valence-electron chi connectivity index (χ2n) is 3.84. The van der Waals surface area contributed by atoms with Crippen molar-refractivity contribution in [2.24, 2.45) is 0 Å². The van der Waals surface area contributed by atoms with Gasteiger partial charge in [0.15, 0.2) is 0 Å². The Hall–Kier alpha value is -0.620. The molecule has 0 heterocycles. The third-order valence-corrected chi connectivity index (χ3v) is 3.01. The molecule has 0 fully saturated rings. The quantitative estimate of drug-likeness (QED) is 0.839. The number of likely N-dealkylation sites (N-methyl/N-ethyl adjacent to an activating group) is 1.